The van der Waals surface area contributed by atoms with Crippen LogP contribution in [0.15, 0.2) is 11.2 Å². The molecule has 1 aromatic rings. The maximum atomic E-state index is 8.76. The molecule has 1 rings (SSSR count). The fourth-order valence-electron chi connectivity index (χ4n) is 0.805. The molecule has 0 unspecified atom stereocenters. The van der Waals surface area contributed by atoms with Crippen molar-refractivity contribution in [3.05, 3.63) is 17.6 Å². The van der Waals surface area contributed by atoms with E-state index in [0.29, 0.717) is 17.2 Å². The van der Waals surface area contributed by atoms with Gasteiger partial charge in [-0.15, -0.1) is 0 Å². The minimum absolute atomic E-state index is 0.383. The summed E-state index contributed by atoms with van der Waals surface area (Å²) in [5, 5.41) is 8.76. The van der Waals surface area contributed by atoms with Crippen LogP contribution < -0.4 is 0 Å². The lowest BCUT2D eigenvalue weighted by Crippen LogP contribution is -2.07. The van der Waals surface area contributed by atoms with Crippen LogP contribution >= 0.6 is 0 Å². The third-order valence-corrected chi connectivity index (χ3v) is 1.42. The standard InChI is InChI=1S/C9H11N5/c1-7-11-5-8(4-10)9(13-7)12-6-14(2)3/h5-6H,1-3H3. The maximum absolute atomic E-state index is 8.76. The largest absolute Gasteiger partial charge is 0.369 e. The first-order valence-electron chi connectivity index (χ1n) is 4.08. The molecule has 0 radical (unpaired) electrons. The van der Waals surface area contributed by atoms with Crippen LogP contribution in [0.4, 0.5) is 5.82 Å². The number of aromatic nitrogens is 2. The molecule has 14 heavy (non-hydrogen) atoms. The van der Waals surface area contributed by atoms with Crippen LogP contribution in [0.3, 0.4) is 0 Å². The van der Waals surface area contributed by atoms with Crippen LogP contribution in [0.25, 0.3) is 0 Å². The molecule has 5 nitrogen and oxygen atoms in total. The Morgan fingerprint density at radius 3 is 2.86 bits per heavy atom. The Balaban J connectivity index is 3.06. The summed E-state index contributed by atoms with van der Waals surface area (Å²) in [4.78, 5) is 13.8. The first-order valence-corrected chi connectivity index (χ1v) is 4.08. The van der Waals surface area contributed by atoms with Crippen LogP contribution in [0.1, 0.15) is 11.4 Å². The first kappa shape index (κ1) is 10.1. The average molecular weight is 189 g/mol. The van der Waals surface area contributed by atoms with Crippen molar-refractivity contribution in [2.45, 2.75) is 6.92 Å². The van der Waals surface area contributed by atoms with Gasteiger partial charge in [-0.3, -0.25) is 0 Å². The van der Waals surface area contributed by atoms with Crippen LogP contribution in [-0.4, -0.2) is 35.3 Å². The molecule has 0 saturated heterocycles. The second kappa shape index (κ2) is 4.33. The molecule has 1 heterocycles. The fourth-order valence-corrected chi connectivity index (χ4v) is 0.805. The molecule has 5 heteroatoms. The van der Waals surface area contributed by atoms with E-state index in [1.165, 1.54) is 6.20 Å². The molecule has 0 N–H and O–H groups in total. The number of nitriles is 1. The monoisotopic (exact) mass is 189 g/mol. The van der Waals surface area contributed by atoms with E-state index in [2.05, 4.69) is 15.0 Å². The third-order valence-electron chi connectivity index (χ3n) is 1.42. The molecule has 1 aromatic heterocycles. The summed E-state index contributed by atoms with van der Waals surface area (Å²) in [5.74, 6) is 1.02. The molecule has 0 aliphatic heterocycles. The van der Waals surface area contributed by atoms with Gasteiger partial charge in [-0.05, 0) is 6.92 Å². The van der Waals surface area contributed by atoms with Crippen LogP contribution in [0.2, 0.25) is 0 Å². The van der Waals surface area contributed by atoms with Gasteiger partial charge in [-0.1, -0.05) is 0 Å². The Morgan fingerprint density at radius 2 is 2.29 bits per heavy atom. The van der Waals surface area contributed by atoms with Gasteiger partial charge in [0, 0.05) is 14.1 Å². The van der Waals surface area contributed by atoms with Gasteiger partial charge in [0.1, 0.15) is 17.5 Å². The number of hydrogen-bond acceptors (Lipinski definition) is 4. The van der Waals surface area contributed by atoms with Crippen LogP contribution in [-0.2, 0) is 0 Å². The minimum atomic E-state index is 0.383. The summed E-state index contributed by atoms with van der Waals surface area (Å²) >= 11 is 0. The van der Waals surface area contributed by atoms with Gasteiger partial charge in [0.2, 0.25) is 0 Å². The Labute approximate surface area is 82.7 Å². The summed E-state index contributed by atoms with van der Waals surface area (Å²) < 4.78 is 0. The minimum Gasteiger partial charge on any atom is -0.369 e. The van der Waals surface area contributed by atoms with Crippen molar-refractivity contribution in [2.24, 2.45) is 4.99 Å². The maximum Gasteiger partial charge on any atom is 0.174 e. The molecule has 0 aromatic carbocycles. The van der Waals surface area contributed by atoms with E-state index >= 15 is 0 Å². The molecule has 0 spiro atoms. The van der Waals surface area contributed by atoms with E-state index in [1.807, 2.05) is 20.2 Å². The summed E-state index contributed by atoms with van der Waals surface area (Å²) in [5.41, 5.74) is 0.383. The van der Waals surface area contributed by atoms with Crippen molar-refractivity contribution in [3.63, 3.8) is 0 Å². The lowest BCUT2D eigenvalue weighted by atomic mass is 10.3. The lowest BCUT2D eigenvalue weighted by Gasteiger charge is -2.02. The second-order valence-electron chi connectivity index (χ2n) is 2.97. The molecule has 72 valence electrons. The van der Waals surface area contributed by atoms with Crippen molar-refractivity contribution in [2.75, 3.05) is 14.1 Å². The van der Waals surface area contributed by atoms with Crippen molar-refractivity contribution in [3.8, 4) is 6.07 Å². The van der Waals surface area contributed by atoms with Gasteiger partial charge >= 0.3 is 0 Å². The predicted octanol–water partition coefficient (Wildman–Crippen LogP) is 0.878. The van der Waals surface area contributed by atoms with Crippen LogP contribution in [0, 0.1) is 18.3 Å². The summed E-state index contributed by atoms with van der Waals surface area (Å²) in [7, 11) is 3.70. The topological polar surface area (TPSA) is 65.2 Å². The van der Waals surface area contributed by atoms with Gasteiger partial charge in [0.15, 0.2) is 5.82 Å². The van der Waals surface area contributed by atoms with E-state index in [4.69, 9.17) is 5.26 Å². The van der Waals surface area contributed by atoms with E-state index in [0.717, 1.165) is 0 Å². The Morgan fingerprint density at radius 1 is 1.57 bits per heavy atom. The molecule has 0 fully saturated rings. The Hall–Kier alpha value is -1.96. The zero-order valence-corrected chi connectivity index (χ0v) is 8.39. The SMILES string of the molecule is Cc1ncc(C#N)c(N=CN(C)C)n1. The van der Waals surface area contributed by atoms with Gasteiger partial charge in [0.05, 0.1) is 12.5 Å². The van der Waals surface area contributed by atoms with E-state index < -0.39 is 0 Å². The molecular weight excluding hydrogens is 178 g/mol. The number of rotatable bonds is 2. The molecule has 0 atom stereocenters. The highest BCUT2D eigenvalue weighted by atomic mass is 15.1. The second-order valence-corrected chi connectivity index (χ2v) is 2.97. The van der Waals surface area contributed by atoms with Gasteiger partial charge in [-0.2, -0.15) is 5.26 Å². The quantitative estimate of drug-likeness (QED) is 0.511. The third kappa shape index (κ3) is 2.52. The first-order chi connectivity index (χ1) is 6.63. The van der Waals surface area contributed by atoms with Gasteiger partial charge in [-0.25, -0.2) is 15.0 Å². The highest BCUT2D eigenvalue weighted by Gasteiger charge is 2.02. The summed E-state index contributed by atoms with van der Waals surface area (Å²) in [6.45, 7) is 1.76. The molecule has 0 saturated carbocycles. The number of hydrogen-bond donors (Lipinski definition) is 0. The zero-order chi connectivity index (χ0) is 10.6. The summed E-state index contributed by atoms with van der Waals surface area (Å²) in [6.07, 6.45) is 3.08. The normalized spacial score (nSPS) is 10.1. The van der Waals surface area contributed by atoms with Crippen molar-refractivity contribution >= 4 is 12.2 Å². The van der Waals surface area contributed by atoms with E-state index in [9.17, 15) is 0 Å². The molecule has 0 amide bonds. The Kier molecular flexibility index (Phi) is 3.13. The molecule has 0 aliphatic rings. The van der Waals surface area contributed by atoms with Crippen LogP contribution in [0.5, 0.6) is 0 Å². The number of aliphatic imine (C=N–C) groups is 1. The average Bonchev–Trinajstić information content (AvgIpc) is 2.15. The van der Waals surface area contributed by atoms with Gasteiger partial charge in [0.25, 0.3) is 0 Å². The predicted molar refractivity (Wildman–Crippen MR) is 53.3 cm³/mol. The van der Waals surface area contributed by atoms with Crippen molar-refractivity contribution < 1.29 is 0 Å². The highest BCUT2D eigenvalue weighted by molar-refractivity contribution is 5.61. The van der Waals surface area contributed by atoms with Gasteiger partial charge < -0.3 is 4.90 Å². The smallest absolute Gasteiger partial charge is 0.174 e. The lowest BCUT2D eigenvalue weighted by molar-refractivity contribution is 0.643. The number of nitrogens with zero attached hydrogens (tertiary/aromatic N) is 5. The van der Waals surface area contributed by atoms with E-state index in [1.54, 1.807) is 18.2 Å². The summed E-state index contributed by atoms with van der Waals surface area (Å²) in [6, 6.07) is 1.99. The highest BCUT2D eigenvalue weighted by Crippen LogP contribution is 2.12. The fraction of sp³-hybridized carbons (Fsp3) is 0.333. The molecule has 0 aliphatic carbocycles. The Bertz CT molecular complexity index is 389. The zero-order valence-electron chi connectivity index (χ0n) is 8.39. The van der Waals surface area contributed by atoms with E-state index in [-0.39, 0.29) is 0 Å². The van der Waals surface area contributed by atoms with Crippen molar-refractivity contribution in [1.82, 2.24) is 14.9 Å². The van der Waals surface area contributed by atoms with Crippen molar-refractivity contribution in [1.29, 1.82) is 5.26 Å². The number of aryl methyl sites for hydroxylation is 1. The molecular formula is C9H11N5. The molecule has 0 bridgehead atoms.